The molecule has 0 saturated heterocycles. The normalized spacial score (nSPS) is 22.1. The molecule has 110 valence electrons. The summed E-state index contributed by atoms with van der Waals surface area (Å²) in [7, 11) is 3.80. The van der Waals surface area contributed by atoms with Crippen LogP contribution in [0.4, 0.5) is 0 Å². The molecule has 1 aromatic carbocycles. The van der Waals surface area contributed by atoms with Crippen LogP contribution in [0.1, 0.15) is 11.5 Å². The standard InChI is InChI=1S/C16H22ClNO2/c1-18-8-6-14(12-20-9-7-17)16(11-18)13-4-3-5-15(10-13)19-2/h3-6,8,10,14,16H,7,9,11-12H2,1-2H3. The fraction of sp³-hybridized carbons (Fsp3) is 0.500. The average molecular weight is 296 g/mol. The third-order valence-electron chi connectivity index (χ3n) is 3.64. The van der Waals surface area contributed by atoms with Crippen molar-refractivity contribution in [1.29, 1.82) is 0 Å². The molecule has 0 aliphatic carbocycles. The van der Waals surface area contributed by atoms with Gasteiger partial charge < -0.3 is 14.4 Å². The Labute approximate surface area is 126 Å². The van der Waals surface area contributed by atoms with Crippen LogP contribution in [0.5, 0.6) is 5.75 Å². The molecule has 0 spiro atoms. The highest BCUT2D eigenvalue weighted by atomic mass is 35.5. The van der Waals surface area contributed by atoms with E-state index in [0.29, 0.717) is 30.9 Å². The van der Waals surface area contributed by atoms with Crippen molar-refractivity contribution in [2.24, 2.45) is 5.92 Å². The summed E-state index contributed by atoms with van der Waals surface area (Å²) in [6.45, 7) is 2.30. The van der Waals surface area contributed by atoms with E-state index >= 15 is 0 Å². The Morgan fingerprint density at radius 3 is 3.00 bits per heavy atom. The van der Waals surface area contributed by atoms with Gasteiger partial charge in [-0.1, -0.05) is 18.2 Å². The molecule has 0 radical (unpaired) electrons. The van der Waals surface area contributed by atoms with Gasteiger partial charge in [0.2, 0.25) is 0 Å². The van der Waals surface area contributed by atoms with Gasteiger partial charge in [-0.3, -0.25) is 0 Å². The summed E-state index contributed by atoms with van der Waals surface area (Å²) in [4.78, 5) is 2.21. The van der Waals surface area contributed by atoms with E-state index in [1.54, 1.807) is 7.11 Å². The summed E-state index contributed by atoms with van der Waals surface area (Å²) in [6, 6.07) is 8.30. The van der Waals surface area contributed by atoms with Gasteiger partial charge in [-0.25, -0.2) is 0 Å². The molecule has 20 heavy (non-hydrogen) atoms. The summed E-state index contributed by atoms with van der Waals surface area (Å²) >= 11 is 5.67. The number of benzene rings is 1. The van der Waals surface area contributed by atoms with Crippen LogP contribution in [0.25, 0.3) is 0 Å². The average Bonchev–Trinajstić information content (AvgIpc) is 2.49. The van der Waals surface area contributed by atoms with Crippen molar-refractivity contribution in [3.8, 4) is 5.75 Å². The van der Waals surface area contributed by atoms with Crippen molar-refractivity contribution in [2.75, 3.05) is 39.8 Å². The van der Waals surface area contributed by atoms with Gasteiger partial charge >= 0.3 is 0 Å². The number of alkyl halides is 1. The first kappa shape index (κ1) is 15.2. The maximum atomic E-state index is 5.67. The van der Waals surface area contributed by atoms with Gasteiger partial charge in [0.05, 0.1) is 20.3 Å². The molecule has 1 aliphatic rings. The Kier molecular flexibility index (Phi) is 5.74. The molecule has 1 aliphatic heterocycles. The zero-order valence-corrected chi connectivity index (χ0v) is 12.8. The van der Waals surface area contributed by atoms with Crippen molar-refractivity contribution in [3.63, 3.8) is 0 Å². The highest BCUT2D eigenvalue weighted by molar-refractivity contribution is 6.17. The molecule has 3 nitrogen and oxygen atoms in total. The fourth-order valence-electron chi connectivity index (χ4n) is 2.57. The maximum Gasteiger partial charge on any atom is 0.119 e. The summed E-state index contributed by atoms with van der Waals surface area (Å²) < 4.78 is 11.0. The molecule has 0 bridgehead atoms. The largest absolute Gasteiger partial charge is 0.497 e. The smallest absolute Gasteiger partial charge is 0.119 e. The summed E-state index contributed by atoms with van der Waals surface area (Å²) in [6.07, 6.45) is 4.35. The molecule has 4 heteroatoms. The van der Waals surface area contributed by atoms with Crippen molar-refractivity contribution in [1.82, 2.24) is 4.90 Å². The number of halogens is 1. The second kappa shape index (κ2) is 7.55. The number of hydrogen-bond acceptors (Lipinski definition) is 3. The monoisotopic (exact) mass is 295 g/mol. The number of ether oxygens (including phenoxy) is 2. The zero-order chi connectivity index (χ0) is 14.4. The van der Waals surface area contributed by atoms with Gasteiger partial charge in [0.15, 0.2) is 0 Å². The molecule has 0 fully saturated rings. The first-order valence-corrected chi connectivity index (χ1v) is 7.44. The molecule has 2 rings (SSSR count). The first-order chi connectivity index (χ1) is 9.74. The lowest BCUT2D eigenvalue weighted by Gasteiger charge is -2.33. The molecule has 1 heterocycles. The molecule has 2 atom stereocenters. The van der Waals surface area contributed by atoms with Crippen LogP contribution in [0.3, 0.4) is 0 Å². The van der Waals surface area contributed by atoms with Crippen molar-refractivity contribution in [3.05, 3.63) is 42.1 Å². The third kappa shape index (κ3) is 3.90. The SMILES string of the molecule is COc1cccc(C2CN(C)C=CC2COCCCl)c1. The van der Waals surface area contributed by atoms with E-state index in [0.717, 1.165) is 12.3 Å². The van der Waals surface area contributed by atoms with Crippen molar-refractivity contribution >= 4 is 11.6 Å². The van der Waals surface area contributed by atoms with Gasteiger partial charge in [0.1, 0.15) is 5.75 Å². The second-order valence-corrected chi connectivity index (χ2v) is 5.47. The lowest BCUT2D eigenvalue weighted by Crippen LogP contribution is -2.31. The van der Waals surface area contributed by atoms with Crippen LogP contribution < -0.4 is 4.74 Å². The van der Waals surface area contributed by atoms with Gasteiger partial charge in [0.25, 0.3) is 0 Å². The molecule has 1 aromatic rings. The van der Waals surface area contributed by atoms with Gasteiger partial charge in [-0.15, -0.1) is 11.6 Å². The van der Waals surface area contributed by atoms with Crippen LogP contribution in [0.15, 0.2) is 36.5 Å². The summed E-state index contributed by atoms with van der Waals surface area (Å²) in [5.41, 5.74) is 1.29. The predicted octanol–water partition coefficient (Wildman–Crippen LogP) is 3.11. The second-order valence-electron chi connectivity index (χ2n) is 5.09. The van der Waals surface area contributed by atoms with E-state index in [9.17, 15) is 0 Å². The molecule has 0 amide bonds. The van der Waals surface area contributed by atoms with Crippen molar-refractivity contribution in [2.45, 2.75) is 5.92 Å². The van der Waals surface area contributed by atoms with E-state index in [-0.39, 0.29) is 0 Å². The quantitative estimate of drug-likeness (QED) is 0.594. The minimum absolute atomic E-state index is 0.376. The highest BCUT2D eigenvalue weighted by Gasteiger charge is 2.25. The number of rotatable bonds is 6. The molecule has 0 saturated carbocycles. The number of methoxy groups -OCH3 is 1. The Hall–Kier alpha value is -1.19. The minimum atomic E-state index is 0.376. The predicted molar refractivity (Wildman–Crippen MR) is 82.5 cm³/mol. The van der Waals surface area contributed by atoms with E-state index in [1.165, 1.54) is 5.56 Å². The Bertz CT molecular complexity index is 450. The Balaban J connectivity index is 2.14. The van der Waals surface area contributed by atoms with Crippen LogP contribution in [-0.2, 0) is 4.74 Å². The number of hydrogen-bond donors (Lipinski definition) is 0. The fourth-order valence-corrected chi connectivity index (χ4v) is 2.68. The lowest BCUT2D eigenvalue weighted by atomic mass is 9.84. The van der Waals surface area contributed by atoms with Gasteiger partial charge in [0, 0.05) is 31.3 Å². The highest BCUT2D eigenvalue weighted by Crippen LogP contribution is 2.32. The molecule has 0 N–H and O–H groups in total. The summed E-state index contributed by atoms with van der Waals surface area (Å²) in [5, 5.41) is 0. The number of likely N-dealkylation sites (N-methyl/N-ethyl adjacent to an activating group) is 1. The lowest BCUT2D eigenvalue weighted by molar-refractivity contribution is 0.109. The van der Waals surface area contributed by atoms with Crippen LogP contribution in [0.2, 0.25) is 0 Å². The minimum Gasteiger partial charge on any atom is -0.497 e. The van der Waals surface area contributed by atoms with Crippen LogP contribution in [-0.4, -0.2) is 44.7 Å². The van der Waals surface area contributed by atoms with Gasteiger partial charge in [-0.05, 0) is 23.9 Å². The topological polar surface area (TPSA) is 21.7 Å². The van der Waals surface area contributed by atoms with E-state index < -0.39 is 0 Å². The molecule has 2 unspecified atom stereocenters. The van der Waals surface area contributed by atoms with Gasteiger partial charge in [-0.2, -0.15) is 0 Å². The van der Waals surface area contributed by atoms with E-state index in [2.05, 4.69) is 36.4 Å². The zero-order valence-electron chi connectivity index (χ0n) is 12.1. The Morgan fingerprint density at radius 1 is 1.40 bits per heavy atom. The number of nitrogens with zero attached hydrogens (tertiary/aromatic N) is 1. The maximum absolute atomic E-state index is 5.67. The van der Waals surface area contributed by atoms with Crippen LogP contribution in [0, 0.1) is 5.92 Å². The van der Waals surface area contributed by atoms with Crippen LogP contribution >= 0.6 is 11.6 Å². The third-order valence-corrected chi connectivity index (χ3v) is 3.80. The first-order valence-electron chi connectivity index (χ1n) is 6.91. The Morgan fingerprint density at radius 2 is 2.25 bits per heavy atom. The van der Waals surface area contributed by atoms with E-state index in [1.807, 2.05) is 12.1 Å². The van der Waals surface area contributed by atoms with Crippen molar-refractivity contribution < 1.29 is 9.47 Å². The molecule has 0 aromatic heterocycles. The molecular formula is C16H22ClNO2. The molecular weight excluding hydrogens is 274 g/mol. The summed E-state index contributed by atoms with van der Waals surface area (Å²) in [5.74, 6) is 2.23. The van der Waals surface area contributed by atoms with E-state index in [4.69, 9.17) is 21.1 Å².